The van der Waals surface area contributed by atoms with E-state index in [1.165, 1.54) is 0 Å². The molecule has 1 aromatic carbocycles. The van der Waals surface area contributed by atoms with Crippen molar-refractivity contribution in [2.45, 2.75) is 27.2 Å². The van der Waals surface area contributed by atoms with Crippen molar-refractivity contribution in [1.82, 2.24) is 5.32 Å². The molecule has 0 unspecified atom stereocenters. The second kappa shape index (κ2) is 5.54. The van der Waals surface area contributed by atoms with Gasteiger partial charge in [-0.2, -0.15) is 0 Å². The number of allylic oxidation sites excluding steroid dienone is 1. The van der Waals surface area contributed by atoms with Gasteiger partial charge in [-0.05, 0) is 43.0 Å². The Morgan fingerprint density at radius 2 is 1.94 bits per heavy atom. The number of benzene rings is 1. The molecule has 1 amide bonds. The van der Waals surface area contributed by atoms with E-state index in [9.17, 15) is 4.79 Å². The number of carbonyl (C=O) groups excluding carboxylic acids is 1. The summed E-state index contributed by atoms with van der Waals surface area (Å²) in [4.78, 5) is 11.7. The molecule has 3 N–H and O–H groups in total. The lowest BCUT2D eigenvalue weighted by Crippen LogP contribution is -2.28. The van der Waals surface area contributed by atoms with E-state index in [0.717, 1.165) is 27.8 Å². The molecule has 3 heteroatoms. The van der Waals surface area contributed by atoms with Gasteiger partial charge in [0.1, 0.15) is 0 Å². The molecular weight excluding hydrogens is 224 g/mol. The Balaban J connectivity index is 3.08. The minimum atomic E-state index is -0.146. The fourth-order valence-corrected chi connectivity index (χ4v) is 2.01. The van der Waals surface area contributed by atoms with Crippen molar-refractivity contribution in [2.24, 2.45) is 5.73 Å². The summed E-state index contributed by atoms with van der Waals surface area (Å²) >= 11 is 0. The van der Waals surface area contributed by atoms with Crippen LogP contribution in [-0.2, 0) is 11.2 Å². The molecule has 0 saturated heterocycles. The van der Waals surface area contributed by atoms with Gasteiger partial charge < -0.3 is 11.1 Å². The molecule has 96 valence electrons. The smallest absolute Gasteiger partial charge is 0.229 e. The number of nitrogens with one attached hydrogen (secondary N) is 1. The van der Waals surface area contributed by atoms with E-state index in [1.807, 2.05) is 32.9 Å². The van der Waals surface area contributed by atoms with Crippen LogP contribution in [0.4, 0.5) is 0 Å². The van der Waals surface area contributed by atoms with E-state index < -0.39 is 0 Å². The highest BCUT2D eigenvalue weighted by Crippen LogP contribution is 2.23. The Kier molecular flexibility index (Phi) is 4.32. The van der Waals surface area contributed by atoms with E-state index in [0.29, 0.717) is 6.42 Å². The number of hydrogen-bond donors (Lipinski definition) is 2. The molecule has 0 spiro atoms. The fraction of sp³-hybridized carbons (Fsp3) is 0.267. The Hall–Kier alpha value is -2.03. The van der Waals surface area contributed by atoms with E-state index in [1.54, 1.807) is 0 Å². The topological polar surface area (TPSA) is 55.1 Å². The van der Waals surface area contributed by atoms with Gasteiger partial charge in [0.05, 0.1) is 12.2 Å². The van der Waals surface area contributed by atoms with Gasteiger partial charge >= 0.3 is 0 Å². The minimum absolute atomic E-state index is 0.146. The maximum Gasteiger partial charge on any atom is 0.229 e. The number of aryl methyl sites for hydroxylation is 1. The predicted octanol–water partition coefficient (Wildman–Crippen LogP) is 2.43. The number of carbonyl (C=O) groups is 1. The summed E-state index contributed by atoms with van der Waals surface area (Å²) in [5, 5.41) is 2.52. The third kappa shape index (κ3) is 3.23. The predicted molar refractivity (Wildman–Crippen MR) is 75.8 cm³/mol. The summed E-state index contributed by atoms with van der Waals surface area (Å²) in [6.45, 7) is 13.4. The second-order valence-electron chi connectivity index (χ2n) is 4.56. The maximum atomic E-state index is 11.7. The SMILES string of the molecule is C=C(N)NC(=O)Cc1c(C)ccc(C(=C)C)c1C. The number of rotatable bonds is 4. The first-order valence-corrected chi connectivity index (χ1v) is 5.82. The first-order valence-electron chi connectivity index (χ1n) is 5.82. The highest BCUT2D eigenvalue weighted by atomic mass is 16.1. The Bertz CT molecular complexity index is 515. The van der Waals surface area contributed by atoms with E-state index in [-0.39, 0.29) is 11.7 Å². The Morgan fingerprint density at radius 1 is 1.33 bits per heavy atom. The summed E-state index contributed by atoms with van der Waals surface area (Å²) in [5.41, 5.74) is 10.7. The third-order valence-corrected chi connectivity index (χ3v) is 2.93. The summed E-state index contributed by atoms with van der Waals surface area (Å²) in [6.07, 6.45) is 0.301. The van der Waals surface area contributed by atoms with Crippen molar-refractivity contribution in [3.63, 3.8) is 0 Å². The average Bonchev–Trinajstić information content (AvgIpc) is 2.22. The maximum absolute atomic E-state index is 11.7. The molecular formula is C15H20N2O. The number of hydrogen-bond acceptors (Lipinski definition) is 2. The zero-order chi connectivity index (χ0) is 13.9. The summed E-state index contributed by atoms with van der Waals surface area (Å²) in [6, 6.07) is 4.05. The van der Waals surface area contributed by atoms with Gasteiger partial charge in [0.15, 0.2) is 0 Å². The van der Waals surface area contributed by atoms with Crippen molar-refractivity contribution < 1.29 is 4.79 Å². The molecule has 0 aromatic heterocycles. The molecule has 3 nitrogen and oxygen atoms in total. The minimum Gasteiger partial charge on any atom is -0.386 e. The van der Waals surface area contributed by atoms with Crippen LogP contribution < -0.4 is 11.1 Å². The third-order valence-electron chi connectivity index (χ3n) is 2.93. The van der Waals surface area contributed by atoms with Crippen LogP contribution >= 0.6 is 0 Å². The van der Waals surface area contributed by atoms with Crippen molar-refractivity contribution in [2.75, 3.05) is 0 Å². The highest BCUT2D eigenvalue weighted by Gasteiger charge is 2.12. The molecule has 0 aliphatic carbocycles. The molecule has 0 bridgehead atoms. The average molecular weight is 244 g/mol. The molecule has 0 aliphatic rings. The van der Waals surface area contributed by atoms with Crippen LogP contribution in [0.25, 0.3) is 5.57 Å². The van der Waals surface area contributed by atoms with Crippen LogP contribution in [0, 0.1) is 13.8 Å². The first-order chi connectivity index (χ1) is 8.32. The largest absolute Gasteiger partial charge is 0.386 e. The van der Waals surface area contributed by atoms with E-state index in [2.05, 4.69) is 18.5 Å². The van der Waals surface area contributed by atoms with E-state index >= 15 is 0 Å². The Morgan fingerprint density at radius 3 is 2.44 bits per heavy atom. The zero-order valence-electron chi connectivity index (χ0n) is 11.3. The summed E-state index contributed by atoms with van der Waals surface area (Å²) in [7, 11) is 0. The molecule has 0 heterocycles. The molecule has 0 atom stereocenters. The van der Waals surface area contributed by atoms with Crippen LogP contribution in [0.3, 0.4) is 0 Å². The van der Waals surface area contributed by atoms with Gasteiger partial charge in [-0.25, -0.2) is 0 Å². The highest BCUT2D eigenvalue weighted by molar-refractivity contribution is 5.81. The first kappa shape index (κ1) is 14.0. The number of amides is 1. The van der Waals surface area contributed by atoms with Crippen molar-refractivity contribution in [3.05, 3.63) is 53.4 Å². The molecule has 0 saturated carbocycles. The van der Waals surface area contributed by atoms with Gasteiger partial charge in [-0.3, -0.25) is 4.79 Å². The van der Waals surface area contributed by atoms with Crippen LogP contribution in [0.5, 0.6) is 0 Å². The molecule has 0 fully saturated rings. The van der Waals surface area contributed by atoms with Gasteiger partial charge in [-0.15, -0.1) is 0 Å². The summed E-state index contributed by atoms with van der Waals surface area (Å²) in [5.74, 6) is 0.0268. The van der Waals surface area contributed by atoms with Gasteiger partial charge in [0.2, 0.25) is 5.91 Å². The van der Waals surface area contributed by atoms with Crippen LogP contribution in [0.15, 0.2) is 31.1 Å². The van der Waals surface area contributed by atoms with Crippen molar-refractivity contribution >= 4 is 11.5 Å². The fourth-order valence-electron chi connectivity index (χ4n) is 2.01. The van der Waals surface area contributed by atoms with Crippen molar-refractivity contribution in [3.8, 4) is 0 Å². The molecule has 0 radical (unpaired) electrons. The lowest BCUT2D eigenvalue weighted by atomic mass is 9.92. The molecule has 0 aliphatic heterocycles. The lowest BCUT2D eigenvalue weighted by molar-refractivity contribution is -0.119. The zero-order valence-corrected chi connectivity index (χ0v) is 11.3. The van der Waals surface area contributed by atoms with Crippen molar-refractivity contribution in [1.29, 1.82) is 0 Å². The molecule has 1 aromatic rings. The lowest BCUT2D eigenvalue weighted by Gasteiger charge is -2.14. The number of nitrogens with two attached hydrogens (primary N) is 1. The quantitative estimate of drug-likeness (QED) is 0.854. The standard InChI is InChI=1S/C15H20N2O/c1-9(2)13-7-6-10(3)14(11(13)4)8-15(18)17-12(5)16/h6-7H,1,5,8,16H2,2-4H3,(H,17,18). The van der Waals surface area contributed by atoms with Crippen LogP contribution in [0.1, 0.15) is 29.2 Å². The summed E-state index contributed by atoms with van der Waals surface area (Å²) < 4.78 is 0. The normalized spacial score (nSPS) is 9.94. The van der Waals surface area contributed by atoms with Gasteiger partial charge in [0, 0.05) is 0 Å². The Labute approximate surface area is 108 Å². The van der Waals surface area contributed by atoms with Gasteiger partial charge in [-0.1, -0.05) is 30.9 Å². The monoisotopic (exact) mass is 244 g/mol. The second-order valence-corrected chi connectivity index (χ2v) is 4.56. The molecule has 1 rings (SSSR count). The van der Waals surface area contributed by atoms with E-state index in [4.69, 9.17) is 5.73 Å². The van der Waals surface area contributed by atoms with Gasteiger partial charge in [0.25, 0.3) is 0 Å². The van der Waals surface area contributed by atoms with Crippen LogP contribution in [-0.4, -0.2) is 5.91 Å². The molecule has 18 heavy (non-hydrogen) atoms. The van der Waals surface area contributed by atoms with Crippen LogP contribution in [0.2, 0.25) is 0 Å².